The molecule has 2 rings (SSSR count). The van der Waals surface area contributed by atoms with E-state index in [9.17, 15) is 19.7 Å². The van der Waals surface area contributed by atoms with Crippen molar-refractivity contribution in [3.05, 3.63) is 69.8 Å². The highest BCUT2D eigenvalue weighted by molar-refractivity contribution is 8.00. The molecule has 0 atom stereocenters. The largest absolute Gasteiger partial charge is 0.272 e. The van der Waals surface area contributed by atoms with Gasteiger partial charge < -0.3 is 0 Å². The van der Waals surface area contributed by atoms with Crippen molar-refractivity contribution in [1.82, 2.24) is 10.9 Å². The number of amides is 2. The maximum atomic E-state index is 11.9. The molecule has 8 heteroatoms. The second-order valence-corrected chi connectivity index (χ2v) is 5.91. The fraction of sp³-hybridized carbons (Fsp3) is 0.125. The Balaban J connectivity index is 1.80. The lowest BCUT2D eigenvalue weighted by atomic mass is 10.1. The zero-order valence-corrected chi connectivity index (χ0v) is 13.6. The topological polar surface area (TPSA) is 101 Å². The van der Waals surface area contributed by atoms with Crippen LogP contribution in [0.3, 0.4) is 0 Å². The van der Waals surface area contributed by atoms with Gasteiger partial charge in [-0.2, -0.15) is 0 Å². The van der Waals surface area contributed by atoms with Crippen molar-refractivity contribution in [1.29, 1.82) is 0 Å². The first-order valence-electron chi connectivity index (χ1n) is 6.99. The van der Waals surface area contributed by atoms with Gasteiger partial charge >= 0.3 is 0 Å². The molecule has 0 aliphatic carbocycles. The van der Waals surface area contributed by atoms with Crippen LogP contribution in [0.15, 0.2) is 53.4 Å². The molecule has 2 aromatic carbocycles. The molecule has 0 saturated heterocycles. The summed E-state index contributed by atoms with van der Waals surface area (Å²) in [6.45, 7) is 1.81. The molecule has 2 aromatic rings. The molecule has 124 valence electrons. The Morgan fingerprint density at radius 2 is 1.75 bits per heavy atom. The number of carbonyl (C=O) groups excluding carboxylic acids is 2. The van der Waals surface area contributed by atoms with E-state index in [4.69, 9.17) is 0 Å². The van der Waals surface area contributed by atoms with Gasteiger partial charge in [-0.05, 0) is 30.7 Å². The maximum absolute atomic E-state index is 11.9. The molecule has 0 saturated carbocycles. The van der Waals surface area contributed by atoms with Crippen LogP contribution in [0.5, 0.6) is 0 Å². The third-order valence-corrected chi connectivity index (χ3v) is 4.13. The van der Waals surface area contributed by atoms with Crippen LogP contribution in [0.1, 0.15) is 15.9 Å². The summed E-state index contributed by atoms with van der Waals surface area (Å²) in [5.41, 5.74) is 5.99. The van der Waals surface area contributed by atoms with Crippen molar-refractivity contribution < 1.29 is 14.5 Å². The number of thioether (sulfide) groups is 1. The van der Waals surface area contributed by atoms with Gasteiger partial charge in [-0.3, -0.25) is 30.6 Å². The first kappa shape index (κ1) is 17.5. The second-order valence-electron chi connectivity index (χ2n) is 4.86. The van der Waals surface area contributed by atoms with Crippen LogP contribution in [0.25, 0.3) is 0 Å². The van der Waals surface area contributed by atoms with Crippen LogP contribution in [0.2, 0.25) is 0 Å². The van der Waals surface area contributed by atoms with Crippen LogP contribution < -0.4 is 10.9 Å². The minimum absolute atomic E-state index is 0.00528. The fourth-order valence-electron chi connectivity index (χ4n) is 1.87. The third-order valence-electron chi connectivity index (χ3n) is 3.12. The van der Waals surface area contributed by atoms with E-state index in [0.29, 0.717) is 5.56 Å². The van der Waals surface area contributed by atoms with Gasteiger partial charge in [0.1, 0.15) is 0 Å². The van der Waals surface area contributed by atoms with E-state index in [-0.39, 0.29) is 23.3 Å². The molecule has 0 spiro atoms. The minimum Gasteiger partial charge on any atom is -0.272 e. The Kier molecular flexibility index (Phi) is 5.91. The lowest BCUT2D eigenvalue weighted by Gasteiger charge is -2.09. The number of nitro groups is 1. The zero-order valence-electron chi connectivity index (χ0n) is 12.8. The van der Waals surface area contributed by atoms with Crippen molar-refractivity contribution in [3.8, 4) is 0 Å². The molecule has 0 aromatic heterocycles. The quantitative estimate of drug-likeness (QED) is 0.492. The zero-order chi connectivity index (χ0) is 17.5. The Bertz CT molecular complexity index is 762. The van der Waals surface area contributed by atoms with Gasteiger partial charge in [0.05, 0.1) is 10.7 Å². The molecule has 7 nitrogen and oxygen atoms in total. The number of hydrazine groups is 1. The molecular formula is C16H15N3O4S. The number of nitrogens with one attached hydrogen (secondary N) is 2. The van der Waals surface area contributed by atoms with Crippen molar-refractivity contribution in [2.75, 3.05) is 5.75 Å². The molecule has 2 amide bonds. The number of aryl methyl sites for hydroxylation is 1. The van der Waals surface area contributed by atoms with Gasteiger partial charge in [0.2, 0.25) is 5.91 Å². The van der Waals surface area contributed by atoms with Gasteiger partial charge in [0, 0.05) is 22.6 Å². The number of carbonyl (C=O) groups is 2. The highest BCUT2D eigenvalue weighted by Crippen LogP contribution is 2.20. The van der Waals surface area contributed by atoms with E-state index in [1.54, 1.807) is 37.3 Å². The smallest absolute Gasteiger partial charge is 0.269 e. The number of benzene rings is 2. The summed E-state index contributed by atoms with van der Waals surface area (Å²) in [4.78, 5) is 34.5. The molecule has 0 bridgehead atoms. The van der Waals surface area contributed by atoms with E-state index in [1.807, 2.05) is 6.07 Å². The number of nitrogens with zero attached hydrogens (tertiary/aromatic N) is 1. The van der Waals surface area contributed by atoms with Crippen LogP contribution >= 0.6 is 11.8 Å². The number of non-ortho nitro benzene ring substituents is 1. The summed E-state index contributed by atoms with van der Waals surface area (Å²) in [6.07, 6.45) is 0. The highest BCUT2D eigenvalue weighted by atomic mass is 32.2. The van der Waals surface area contributed by atoms with E-state index in [0.717, 1.165) is 10.5 Å². The normalized spacial score (nSPS) is 10.0. The SMILES string of the molecule is Cc1ccccc1C(=O)NNC(=O)CSc1ccc([N+](=O)[O-])cc1. The summed E-state index contributed by atoms with van der Waals surface area (Å²) >= 11 is 1.21. The fourth-order valence-corrected chi connectivity index (χ4v) is 2.57. The molecular weight excluding hydrogens is 330 g/mol. The predicted octanol–water partition coefficient (Wildman–Crippen LogP) is 2.46. The van der Waals surface area contributed by atoms with Gasteiger partial charge in [-0.25, -0.2) is 0 Å². The molecule has 2 N–H and O–H groups in total. The second kappa shape index (κ2) is 8.11. The minimum atomic E-state index is -0.484. The number of rotatable bonds is 5. The van der Waals surface area contributed by atoms with Gasteiger partial charge in [0.15, 0.2) is 0 Å². The Hall–Kier alpha value is -2.87. The van der Waals surface area contributed by atoms with Crippen LogP contribution in [0, 0.1) is 17.0 Å². The van der Waals surface area contributed by atoms with E-state index in [2.05, 4.69) is 10.9 Å². The van der Waals surface area contributed by atoms with Crippen molar-refractivity contribution >= 4 is 29.3 Å². The van der Waals surface area contributed by atoms with Crippen molar-refractivity contribution in [2.45, 2.75) is 11.8 Å². The van der Waals surface area contributed by atoms with E-state index >= 15 is 0 Å². The summed E-state index contributed by atoms with van der Waals surface area (Å²) in [5.74, 6) is -0.687. The average Bonchev–Trinajstić information content (AvgIpc) is 2.58. The van der Waals surface area contributed by atoms with Crippen molar-refractivity contribution in [2.24, 2.45) is 0 Å². The van der Waals surface area contributed by atoms with E-state index in [1.165, 1.54) is 23.9 Å². The lowest BCUT2D eigenvalue weighted by molar-refractivity contribution is -0.384. The summed E-state index contributed by atoms with van der Waals surface area (Å²) in [6, 6.07) is 12.9. The Labute approximate surface area is 142 Å². The first-order valence-corrected chi connectivity index (χ1v) is 7.98. The number of nitro benzene ring substituents is 1. The molecule has 0 aliphatic rings. The lowest BCUT2D eigenvalue weighted by Crippen LogP contribution is -2.42. The highest BCUT2D eigenvalue weighted by Gasteiger charge is 2.10. The number of hydrogen-bond donors (Lipinski definition) is 2. The van der Waals surface area contributed by atoms with Gasteiger partial charge in [-0.1, -0.05) is 18.2 Å². The van der Waals surface area contributed by atoms with Gasteiger partial charge in [0.25, 0.3) is 11.6 Å². The van der Waals surface area contributed by atoms with E-state index < -0.39 is 4.92 Å². The monoisotopic (exact) mass is 345 g/mol. The third kappa shape index (κ3) is 4.82. The average molecular weight is 345 g/mol. The van der Waals surface area contributed by atoms with Crippen LogP contribution in [0.4, 0.5) is 5.69 Å². The molecule has 24 heavy (non-hydrogen) atoms. The maximum Gasteiger partial charge on any atom is 0.269 e. The molecule has 0 fully saturated rings. The molecule has 0 unspecified atom stereocenters. The summed E-state index contributed by atoms with van der Waals surface area (Å²) < 4.78 is 0. The standard InChI is InChI=1S/C16H15N3O4S/c1-11-4-2-3-5-14(11)16(21)18-17-15(20)10-24-13-8-6-12(7-9-13)19(22)23/h2-9H,10H2,1H3,(H,17,20)(H,18,21). The summed E-state index contributed by atoms with van der Waals surface area (Å²) in [5, 5.41) is 10.6. The molecule has 0 heterocycles. The van der Waals surface area contributed by atoms with Crippen LogP contribution in [-0.4, -0.2) is 22.5 Å². The van der Waals surface area contributed by atoms with Crippen molar-refractivity contribution in [3.63, 3.8) is 0 Å². The van der Waals surface area contributed by atoms with Gasteiger partial charge in [-0.15, -0.1) is 11.8 Å². The number of hydrogen-bond acceptors (Lipinski definition) is 5. The predicted molar refractivity (Wildman–Crippen MR) is 90.6 cm³/mol. The first-order chi connectivity index (χ1) is 11.5. The van der Waals surface area contributed by atoms with Crippen LogP contribution in [-0.2, 0) is 4.79 Å². The molecule has 0 radical (unpaired) electrons. The molecule has 0 aliphatic heterocycles. The summed E-state index contributed by atoms with van der Waals surface area (Å²) in [7, 11) is 0. The Morgan fingerprint density at radius 1 is 1.08 bits per heavy atom. The Morgan fingerprint density at radius 3 is 2.38 bits per heavy atom.